The summed E-state index contributed by atoms with van der Waals surface area (Å²) in [6.07, 6.45) is 0. The number of fused-ring (bicyclic) bond motifs is 3. The first-order valence-electron chi connectivity index (χ1n) is 6.62. The molecule has 3 N–H and O–H groups in total. The van der Waals surface area contributed by atoms with E-state index in [1.165, 1.54) is 21.2 Å². The summed E-state index contributed by atoms with van der Waals surface area (Å²) in [7, 11) is 0. The fraction of sp³-hybridized carbons (Fsp3) is 0.0588. The standard InChI is InChI=1S/C17H14N2S/c18-17(16-6-3-9-20-16)11-7-8-15-13(10-11)12-4-1-2-5-14(12)19-15/h1-10,17,19H,18H2. The normalized spacial score (nSPS) is 13.1. The van der Waals surface area contributed by atoms with E-state index in [2.05, 4.69) is 58.9 Å². The van der Waals surface area contributed by atoms with Gasteiger partial charge in [-0.05, 0) is 35.2 Å². The average molecular weight is 278 g/mol. The second-order valence-corrected chi connectivity index (χ2v) is 5.95. The molecule has 0 saturated carbocycles. The topological polar surface area (TPSA) is 41.8 Å². The summed E-state index contributed by atoms with van der Waals surface area (Å²) in [5.41, 5.74) is 9.85. The molecule has 2 heterocycles. The summed E-state index contributed by atoms with van der Waals surface area (Å²) in [5.74, 6) is 0. The van der Waals surface area contributed by atoms with Crippen molar-refractivity contribution in [1.29, 1.82) is 0 Å². The summed E-state index contributed by atoms with van der Waals surface area (Å²) in [5, 5.41) is 4.56. The van der Waals surface area contributed by atoms with Crippen LogP contribution in [0.5, 0.6) is 0 Å². The van der Waals surface area contributed by atoms with E-state index >= 15 is 0 Å². The van der Waals surface area contributed by atoms with Gasteiger partial charge in [-0.3, -0.25) is 0 Å². The second-order valence-electron chi connectivity index (χ2n) is 4.97. The Morgan fingerprint density at radius 1 is 0.900 bits per heavy atom. The van der Waals surface area contributed by atoms with Crippen molar-refractivity contribution in [3.8, 4) is 0 Å². The van der Waals surface area contributed by atoms with E-state index in [-0.39, 0.29) is 6.04 Å². The predicted octanol–water partition coefficient (Wildman–Crippen LogP) is 4.43. The lowest BCUT2D eigenvalue weighted by molar-refractivity contribution is 0.896. The maximum absolute atomic E-state index is 6.36. The number of nitrogens with one attached hydrogen (secondary N) is 1. The molecule has 0 bridgehead atoms. The van der Waals surface area contributed by atoms with Crippen LogP contribution < -0.4 is 5.73 Å². The molecule has 4 aromatic rings. The van der Waals surface area contributed by atoms with Crippen LogP contribution in [0.2, 0.25) is 0 Å². The van der Waals surface area contributed by atoms with Gasteiger partial charge in [-0.1, -0.05) is 30.3 Å². The zero-order chi connectivity index (χ0) is 13.5. The van der Waals surface area contributed by atoms with Crippen LogP contribution in [0.15, 0.2) is 60.0 Å². The van der Waals surface area contributed by atoms with E-state index in [0.29, 0.717) is 0 Å². The monoisotopic (exact) mass is 278 g/mol. The lowest BCUT2D eigenvalue weighted by Gasteiger charge is -2.10. The highest BCUT2D eigenvalue weighted by Crippen LogP contribution is 2.30. The molecule has 20 heavy (non-hydrogen) atoms. The second kappa shape index (κ2) is 4.47. The third-order valence-corrected chi connectivity index (χ3v) is 4.69. The van der Waals surface area contributed by atoms with Gasteiger partial charge in [0, 0.05) is 26.7 Å². The summed E-state index contributed by atoms with van der Waals surface area (Å²) >= 11 is 1.70. The summed E-state index contributed by atoms with van der Waals surface area (Å²) in [6.45, 7) is 0. The Bertz CT molecular complexity index is 874. The molecule has 0 saturated heterocycles. The molecular weight excluding hydrogens is 264 g/mol. The number of benzene rings is 2. The summed E-state index contributed by atoms with van der Waals surface area (Å²) < 4.78 is 0. The van der Waals surface area contributed by atoms with E-state index in [1.54, 1.807) is 11.3 Å². The van der Waals surface area contributed by atoms with Gasteiger partial charge in [-0.2, -0.15) is 0 Å². The van der Waals surface area contributed by atoms with E-state index in [9.17, 15) is 0 Å². The Morgan fingerprint density at radius 2 is 1.75 bits per heavy atom. The first-order valence-corrected chi connectivity index (χ1v) is 7.50. The smallest absolute Gasteiger partial charge is 0.0646 e. The first kappa shape index (κ1) is 11.7. The van der Waals surface area contributed by atoms with Crippen LogP contribution in [0.3, 0.4) is 0 Å². The van der Waals surface area contributed by atoms with Crippen LogP contribution >= 0.6 is 11.3 Å². The van der Waals surface area contributed by atoms with Gasteiger partial charge in [-0.25, -0.2) is 0 Å². The Kier molecular flexibility index (Phi) is 2.62. The van der Waals surface area contributed by atoms with Crippen molar-refractivity contribution in [2.45, 2.75) is 6.04 Å². The third kappa shape index (κ3) is 1.75. The van der Waals surface area contributed by atoms with E-state index < -0.39 is 0 Å². The first-order chi connectivity index (χ1) is 9.83. The van der Waals surface area contributed by atoms with Crippen LogP contribution in [0.1, 0.15) is 16.5 Å². The van der Waals surface area contributed by atoms with Crippen LogP contribution in [0, 0.1) is 0 Å². The van der Waals surface area contributed by atoms with Gasteiger partial charge in [0.2, 0.25) is 0 Å². The van der Waals surface area contributed by atoms with Gasteiger partial charge in [0.1, 0.15) is 0 Å². The third-order valence-electron chi connectivity index (χ3n) is 3.74. The van der Waals surface area contributed by atoms with Crippen molar-refractivity contribution < 1.29 is 0 Å². The molecule has 1 atom stereocenters. The molecule has 0 fully saturated rings. The van der Waals surface area contributed by atoms with Crippen LogP contribution in [-0.2, 0) is 0 Å². The Labute approximate surface area is 120 Å². The molecule has 0 aliphatic rings. The van der Waals surface area contributed by atoms with Crippen molar-refractivity contribution in [1.82, 2.24) is 4.98 Å². The molecule has 0 spiro atoms. The maximum atomic E-state index is 6.36. The minimum absolute atomic E-state index is 0.0481. The van der Waals surface area contributed by atoms with Crippen LogP contribution in [0.25, 0.3) is 21.8 Å². The lowest BCUT2D eigenvalue weighted by atomic mass is 10.0. The SMILES string of the molecule is NC(c1ccc2[nH]c3ccccc3c2c1)c1cccs1. The number of hydrogen-bond acceptors (Lipinski definition) is 2. The number of para-hydroxylation sites is 1. The molecule has 0 aliphatic carbocycles. The molecule has 1 unspecified atom stereocenters. The quantitative estimate of drug-likeness (QED) is 0.559. The van der Waals surface area contributed by atoms with Gasteiger partial charge >= 0.3 is 0 Å². The summed E-state index contributed by atoms with van der Waals surface area (Å²) in [6, 6.07) is 18.9. The van der Waals surface area contributed by atoms with Crippen molar-refractivity contribution in [2.24, 2.45) is 5.73 Å². The highest BCUT2D eigenvalue weighted by Gasteiger charge is 2.12. The zero-order valence-corrected chi connectivity index (χ0v) is 11.7. The molecule has 0 amide bonds. The Balaban J connectivity index is 1.91. The number of nitrogens with two attached hydrogens (primary N) is 1. The number of H-pyrrole nitrogens is 1. The minimum Gasteiger partial charge on any atom is -0.355 e. The molecule has 98 valence electrons. The van der Waals surface area contributed by atoms with Gasteiger partial charge in [-0.15, -0.1) is 11.3 Å². The van der Waals surface area contributed by atoms with Gasteiger partial charge < -0.3 is 10.7 Å². The van der Waals surface area contributed by atoms with Crippen molar-refractivity contribution >= 4 is 33.1 Å². The van der Waals surface area contributed by atoms with Crippen LogP contribution in [-0.4, -0.2) is 4.98 Å². The number of hydrogen-bond donors (Lipinski definition) is 2. The van der Waals surface area contributed by atoms with Crippen molar-refractivity contribution in [2.75, 3.05) is 0 Å². The molecule has 4 rings (SSSR count). The fourth-order valence-electron chi connectivity index (χ4n) is 2.69. The van der Waals surface area contributed by atoms with E-state index in [1.807, 2.05) is 6.07 Å². The van der Waals surface area contributed by atoms with Crippen molar-refractivity contribution in [3.05, 3.63) is 70.4 Å². The fourth-order valence-corrected chi connectivity index (χ4v) is 3.45. The largest absolute Gasteiger partial charge is 0.355 e. The molecule has 0 aliphatic heterocycles. The van der Waals surface area contributed by atoms with Gasteiger partial charge in [0.05, 0.1) is 6.04 Å². The van der Waals surface area contributed by atoms with Gasteiger partial charge in [0.25, 0.3) is 0 Å². The number of thiophene rings is 1. The lowest BCUT2D eigenvalue weighted by Crippen LogP contribution is -2.09. The van der Waals surface area contributed by atoms with E-state index in [0.717, 1.165) is 11.1 Å². The maximum Gasteiger partial charge on any atom is 0.0646 e. The zero-order valence-electron chi connectivity index (χ0n) is 10.8. The highest BCUT2D eigenvalue weighted by atomic mass is 32.1. The van der Waals surface area contributed by atoms with Gasteiger partial charge in [0.15, 0.2) is 0 Å². The molecule has 2 aromatic carbocycles. The Hall–Kier alpha value is -2.10. The average Bonchev–Trinajstić information content (AvgIpc) is 3.13. The van der Waals surface area contributed by atoms with Crippen LogP contribution in [0.4, 0.5) is 0 Å². The Morgan fingerprint density at radius 3 is 2.60 bits per heavy atom. The molecule has 3 heteroatoms. The predicted molar refractivity (Wildman–Crippen MR) is 86.2 cm³/mol. The molecular formula is C17H14N2S. The van der Waals surface area contributed by atoms with E-state index in [4.69, 9.17) is 5.73 Å². The molecule has 0 radical (unpaired) electrons. The highest BCUT2D eigenvalue weighted by molar-refractivity contribution is 7.10. The minimum atomic E-state index is -0.0481. The number of rotatable bonds is 2. The molecule has 2 aromatic heterocycles. The number of aromatic amines is 1. The molecule has 2 nitrogen and oxygen atoms in total. The van der Waals surface area contributed by atoms with Crippen molar-refractivity contribution in [3.63, 3.8) is 0 Å². The number of aromatic nitrogens is 1. The summed E-state index contributed by atoms with van der Waals surface area (Å²) in [4.78, 5) is 4.64.